The summed E-state index contributed by atoms with van der Waals surface area (Å²) in [6.07, 6.45) is 3.27. The predicted molar refractivity (Wildman–Crippen MR) is 58.8 cm³/mol. The fraction of sp³-hybridized carbons (Fsp3) is 0.462. The number of phenols is 1. The lowest BCUT2D eigenvalue weighted by atomic mass is 9.71. The number of aryl methyl sites for hydroxylation is 1. The Morgan fingerprint density at radius 2 is 2.13 bits per heavy atom. The Morgan fingerprint density at radius 3 is 2.80 bits per heavy atom. The summed E-state index contributed by atoms with van der Waals surface area (Å²) in [6.45, 7) is 4.29. The molecule has 0 aliphatic heterocycles. The molecule has 1 N–H and O–H groups in total. The lowest BCUT2D eigenvalue weighted by Gasteiger charge is -2.33. The van der Waals surface area contributed by atoms with Crippen molar-refractivity contribution in [3.8, 4) is 11.8 Å². The lowest BCUT2D eigenvalue weighted by Crippen LogP contribution is -2.25. The average molecular weight is 201 g/mol. The van der Waals surface area contributed by atoms with Gasteiger partial charge in [-0.3, -0.25) is 0 Å². The van der Waals surface area contributed by atoms with Crippen molar-refractivity contribution in [3.63, 3.8) is 0 Å². The summed E-state index contributed by atoms with van der Waals surface area (Å²) in [5, 5.41) is 18.8. The number of hydrogen-bond acceptors (Lipinski definition) is 2. The van der Waals surface area contributed by atoms with Crippen molar-refractivity contribution in [2.45, 2.75) is 38.5 Å². The second-order valence-electron chi connectivity index (χ2n) is 4.84. The quantitative estimate of drug-likeness (QED) is 0.701. The molecular weight excluding hydrogens is 186 g/mol. The van der Waals surface area contributed by atoms with Gasteiger partial charge in [-0.25, -0.2) is 0 Å². The highest BCUT2D eigenvalue weighted by Gasteiger charge is 2.31. The van der Waals surface area contributed by atoms with Gasteiger partial charge in [0.2, 0.25) is 0 Å². The van der Waals surface area contributed by atoms with E-state index >= 15 is 0 Å². The van der Waals surface area contributed by atoms with E-state index in [1.165, 1.54) is 5.56 Å². The first kappa shape index (κ1) is 10.0. The molecule has 0 saturated heterocycles. The molecule has 0 spiro atoms. The van der Waals surface area contributed by atoms with Crippen LogP contribution in [-0.4, -0.2) is 5.11 Å². The van der Waals surface area contributed by atoms with E-state index < -0.39 is 0 Å². The third kappa shape index (κ3) is 1.48. The minimum atomic E-state index is 0.0113. The highest BCUT2D eigenvalue weighted by atomic mass is 16.3. The molecule has 0 atom stereocenters. The van der Waals surface area contributed by atoms with Crippen LogP contribution in [0.15, 0.2) is 12.1 Å². The Labute approximate surface area is 90.2 Å². The number of nitrogens with zero attached hydrogens (tertiary/aromatic N) is 1. The summed E-state index contributed by atoms with van der Waals surface area (Å²) >= 11 is 0. The molecule has 15 heavy (non-hydrogen) atoms. The molecule has 1 aliphatic carbocycles. The molecule has 1 aromatic rings. The van der Waals surface area contributed by atoms with Crippen LogP contribution >= 0.6 is 0 Å². The van der Waals surface area contributed by atoms with Crippen molar-refractivity contribution in [2.75, 3.05) is 0 Å². The molecule has 1 aromatic carbocycles. The first-order valence-electron chi connectivity index (χ1n) is 5.32. The molecular formula is C13H15NO. The van der Waals surface area contributed by atoms with E-state index in [2.05, 4.69) is 19.9 Å². The Balaban J connectivity index is 2.73. The SMILES string of the molecule is CC1(C)CCCc2ccc(O)c(C#N)c21. The van der Waals surface area contributed by atoms with Gasteiger partial charge in [-0.05, 0) is 41.9 Å². The van der Waals surface area contributed by atoms with Gasteiger partial charge in [0, 0.05) is 0 Å². The highest BCUT2D eigenvalue weighted by molar-refractivity contribution is 5.55. The van der Waals surface area contributed by atoms with E-state index in [1.807, 2.05) is 6.07 Å². The van der Waals surface area contributed by atoms with Gasteiger partial charge in [0.05, 0.1) is 5.56 Å². The van der Waals surface area contributed by atoms with Crippen molar-refractivity contribution in [3.05, 3.63) is 28.8 Å². The van der Waals surface area contributed by atoms with Crippen LogP contribution in [0.25, 0.3) is 0 Å². The van der Waals surface area contributed by atoms with Crippen LogP contribution in [0.5, 0.6) is 5.75 Å². The maximum absolute atomic E-state index is 9.68. The summed E-state index contributed by atoms with van der Waals surface area (Å²) in [6, 6.07) is 5.72. The van der Waals surface area contributed by atoms with E-state index in [0.29, 0.717) is 5.56 Å². The summed E-state index contributed by atoms with van der Waals surface area (Å²) in [5.74, 6) is 0.117. The number of phenolic OH excluding ortho intramolecular Hbond substituents is 1. The van der Waals surface area contributed by atoms with Crippen molar-refractivity contribution in [1.29, 1.82) is 5.26 Å². The molecule has 0 heterocycles. The molecule has 2 heteroatoms. The Morgan fingerprint density at radius 1 is 1.40 bits per heavy atom. The lowest BCUT2D eigenvalue weighted by molar-refractivity contribution is 0.421. The summed E-state index contributed by atoms with van der Waals surface area (Å²) < 4.78 is 0. The number of benzene rings is 1. The third-order valence-electron chi connectivity index (χ3n) is 3.31. The molecule has 0 amide bonds. The van der Waals surface area contributed by atoms with Gasteiger partial charge >= 0.3 is 0 Å². The van der Waals surface area contributed by atoms with Crippen LogP contribution in [0.2, 0.25) is 0 Å². The van der Waals surface area contributed by atoms with E-state index in [4.69, 9.17) is 5.26 Å². The normalized spacial score (nSPS) is 17.9. The zero-order valence-corrected chi connectivity index (χ0v) is 9.17. The number of hydrogen-bond donors (Lipinski definition) is 1. The highest BCUT2D eigenvalue weighted by Crippen LogP contribution is 2.41. The largest absolute Gasteiger partial charge is 0.507 e. The molecule has 1 aliphatic rings. The molecule has 2 nitrogen and oxygen atoms in total. The molecule has 0 bridgehead atoms. The fourth-order valence-electron chi connectivity index (χ4n) is 2.58. The van der Waals surface area contributed by atoms with Crippen LogP contribution in [0, 0.1) is 11.3 Å². The molecule has 0 unspecified atom stereocenters. The number of rotatable bonds is 0. The van der Waals surface area contributed by atoms with Crippen molar-refractivity contribution >= 4 is 0 Å². The maximum Gasteiger partial charge on any atom is 0.133 e. The molecule has 2 rings (SSSR count). The third-order valence-corrected chi connectivity index (χ3v) is 3.31. The number of aromatic hydroxyl groups is 1. The van der Waals surface area contributed by atoms with Crippen molar-refractivity contribution < 1.29 is 5.11 Å². The van der Waals surface area contributed by atoms with Gasteiger partial charge in [-0.15, -0.1) is 0 Å². The van der Waals surface area contributed by atoms with Crippen LogP contribution in [0.3, 0.4) is 0 Å². The maximum atomic E-state index is 9.68. The van der Waals surface area contributed by atoms with Gasteiger partial charge in [-0.1, -0.05) is 19.9 Å². The van der Waals surface area contributed by atoms with Crippen LogP contribution < -0.4 is 0 Å². The van der Waals surface area contributed by atoms with Gasteiger partial charge in [0.25, 0.3) is 0 Å². The Bertz CT molecular complexity index is 441. The smallest absolute Gasteiger partial charge is 0.133 e. The zero-order chi connectivity index (χ0) is 11.1. The Hall–Kier alpha value is -1.49. The van der Waals surface area contributed by atoms with Crippen molar-refractivity contribution in [1.82, 2.24) is 0 Å². The molecule has 0 radical (unpaired) electrons. The Kier molecular flexibility index (Phi) is 2.19. The number of fused-ring (bicyclic) bond motifs is 1. The second kappa shape index (κ2) is 3.27. The standard InChI is InChI=1S/C13H15NO/c1-13(2)7-3-4-9-5-6-11(15)10(8-14)12(9)13/h5-6,15H,3-4,7H2,1-2H3. The van der Waals surface area contributed by atoms with Crippen LogP contribution in [0.1, 0.15) is 43.4 Å². The zero-order valence-electron chi connectivity index (χ0n) is 9.17. The van der Waals surface area contributed by atoms with Gasteiger partial charge in [0.1, 0.15) is 11.8 Å². The second-order valence-corrected chi connectivity index (χ2v) is 4.84. The fourth-order valence-corrected chi connectivity index (χ4v) is 2.58. The first-order chi connectivity index (χ1) is 7.06. The first-order valence-corrected chi connectivity index (χ1v) is 5.32. The van der Waals surface area contributed by atoms with Crippen LogP contribution in [0.4, 0.5) is 0 Å². The van der Waals surface area contributed by atoms with Crippen LogP contribution in [-0.2, 0) is 11.8 Å². The van der Waals surface area contributed by atoms with E-state index in [0.717, 1.165) is 24.8 Å². The molecule has 78 valence electrons. The summed E-state index contributed by atoms with van der Waals surface area (Å²) in [5.41, 5.74) is 2.76. The average Bonchev–Trinajstić information content (AvgIpc) is 2.18. The minimum absolute atomic E-state index is 0.0113. The van der Waals surface area contributed by atoms with Gasteiger partial charge < -0.3 is 5.11 Å². The van der Waals surface area contributed by atoms with Gasteiger partial charge in [-0.2, -0.15) is 5.26 Å². The molecule has 0 fully saturated rings. The topological polar surface area (TPSA) is 44.0 Å². The van der Waals surface area contributed by atoms with E-state index in [-0.39, 0.29) is 11.2 Å². The van der Waals surface area contributed by atoms with E-state index in [1.54, 1.807) is 6.07 Å². The van der Waals surface area contributed by atoms with Gasteiger partial charge in [0.15, 0.2) is 0 Å². The monoisotopic (exact) mass is 201 g/mol. The van der Waals surface area contributed by atoms with E-state index in [9.17, 15) is 5.11 Å². The summed E-state index contributed by atoms with van der Waals surface area (Å²) in [7, 11) is 0. The minimum Gasteiger partial charge on any atom is -0.507 e. The number of nitriles is 1. The molecule has 0 saturated carbocycles. The van der Waals surface area contributed by atoms with Crippen molar-refractivity contribution in [2.24, 2.45) is 0 Å². The summed E-state index contributed by atoms with van der Waals surface area (Å²) in [4.78, 5) is 0. The molecule has 0 aromatic heterocycles. The predicted octanol–water partition coefficient (Wildman–Crippen LogP) is 2.88.